The molecule has 20 heavy (non-hydrogen) atoms. The van der Waals surface area contributed by atoms with Gasteiger partial charge in [-0.3, -0.25) is 9.69 Å². The van der Waals surface area contributed by atoms with Crippen LogP contribution in [0.15, 0.2) is 16.6 Å². The number of ether oxygens (including phenoxy) is 1. The summed E-state index contributed by atoms with van der Waals surface area (Å²) in [4.78, 5) is 13.4. The molecule has 0 aromatic heterocycles. The Kier molecular flexibility index (Phi) is 4.88. The van der Waals surface area contributed by atoms with E-state index in [9.17, 15) is 9.90 Å². The first-order valence-electron chi connectivity index (χ1n) is 6.67. The monoisotopic (exact) mass is 342 g/mol. The molecule has 0 aliphatic carbocycles. The van der Waals surface area contributed by atoms with E-state index in [-0.39, 0.29) is 17.6 Å². The number of halogens is 1. The van der Waals surface area contributed by atoms with E-state index in [1.807, 2.05) is 19.1 Å². The van der Waals surface area contributed by atoms with E-state index < -0.39 is 0 Å². The lowest BCUT2D eigenvalue weighted by molar-refractivity contribution is -0.121. The van der Waals surface area contributed by atoms with E-state index in [4.69, 9.17) is 10.5 Å². The van der Waals surface area contributed by atoms with E-state index in [2.05, 4.69) is 20.8 Å². The highest BCUT2D eigenvalue weighted by Crippen LogP contribution is 2.36. The average molecular weight is 343 g/mol. The van der Waals surface area contributed by atoms with Gasteiger partial charge in [0.25, 0.3) is 0 Å². The summed E-state index contributed by atoms with van der Waals surface area (Å²) in [6.45, 7) is 4.63. The molecule has 1 aromatic carbocycles. The number of nitrogens with zero attached hydrogens (tertiary/aromatic N) is 1. The molecule has 1 unspecified atom stereocenters. The highest BCUT2D eigenvalue weighted by molar-refractivity contribution is 9.10. The Labute approximate surface area is 126 Å². The van der Waals surface area contributed by atoms with Crippen LogP contribution in [0.25, 0.3) is 0 Å². The van der Waals surface area contributed by atoms with Crippen LogP contribution in [-0.4, -0.2) is 35.6 Å². The summed E-state index contributed by atoms with van der Waals surface area (Å²) in [5.41, 5.74) is 6.37. The van der Waals surface area contributed by atoms with Crippen LogP contribution in [0.4, 0.5) is 0 Å². The van der Waals surface area contributed by atoms with Crippen molar-refractivity contribution in [2.45, 2.75) is 19.9 Å². The van der Waals surface area contributed by atoms with Crippen LogP contribution in [-0.2, 0) is 11.3 Å². The first-order valence-corrected chi connectivity index (χ1v) is 7.46. The van der Waals surface area contributed by atoms with Crippen molar-refractivity contribution in [3.05, 3.63) is 22.2 Å². The van der Waals surface area contributed by atoms with Crippen molar-refractivity contribution in [3.63, 3.8) is 0 Å². The minimum absolute atomic E-state index is 0.0538. The molecule has 0 spiro atoms. The number of benzene rings is 1. The zero-order valence-corrected chi connectivity index (χ0v) is 13.0. The van der Waals surface area contributed by atoms with Gasteiger partial charge in [-0.1, -0.05) is 0 Å². The summed E-state index contributed by atoms with van der Waals surface area (Å²) in [6, 6.07) is 3.70. The Hall–Kier alpha value is -1.27. The van der Waals surface area contributed by atoms with Crippen molar-refractivity contribution >= 4 is 21.8 Å². The largest absolute Gasteiger partial charge is 0.503 e. The Balaban J connectivity index is 2.08. The number of amides is 1. The molecule has 0 saturated carbocycles. The SMILES string of the molecule is CCOc1cc(CN2CCC(C(N)=O)C2)cc(Br)c1O. The van der Waals surface area contributed by atoms with Crippen molar-refractivity contribution < 1.29 is 14.6 Å². The van der Waals surface area contributed by atoms with Gasteiger partial charge in [-0.15, -0.1) is 0 Å². The quantitative estimate of drug-likeness (QED) is 0.856. The van der Waals surface area contributed by atoms with Crippen LogP contribution in [0.3, 0.4) is 0 Å². The molecule has 1 aromatic rings. The molecule has 6 heteroatoms. The lowest BCUT2D eigenvalue weighted by atomic mass is 10.1. The van der Waals surface area contributed by atoms with Crippen molar-refractivity contribution in [2.75, 3.05) is 19.7 Å². The molecule has 1 atom stereocenters. The standard InChI is InChI=1S/C14H19BrN2O3/c1-2-20-12-6-9(5-11(15)13(12)18)7-17-4-3-10(8-17)14(16)19/h5-6,10,18H,2-4,7-8H2,1H3,(H2,16,19). The zero-order valence-electron chi connectivity index (χ0n) is 11.4. The number of nitrogens with two attached hydrogens (primary N) is 1. The van der Waals surface area contributed by atoms with Gasteiger partial charge in [0.15, 0.2) is 11.5 Å². The molecule has 1 amide bonds. The van der Waals surface area contributed by atoms with E-state index in [1.165, 1.54) is 0 Å². The van der Waals surface area contributed by atoms with Crippen LogP contribution < -0.4 is 10.5 Å². The fourth-order valence-electron chi connectivity index (χ4n) is 2.45. The van der Waals surface area contributed by atoms with Crippen LogP contribution in [0.1, 0.15) is 18.9 Å². The van der Waals surface area contributed by atoms with Gasteiger partial charge in [0, 0.05) is 13.1 Å². The maximum Gasteiger partial charge on any atom is 0.221 e. The third-order valence-corrected chi connectivity index (χ3v) is 4.07. The normalized spacial score (nSPS) is 19.2. The molecule has 1 saturated heterocycles. The van der Waals surface area contributed by atoms with Crippen LogP contribution in [0, 0.1) is 5.92 Å². The van der Waals surface area contributed by atoms with Crippen molar-refractivity contribution in [1.29, 1.82) is 0 Å². The van der Waals surface area contributed by atoms with Gasteiger partial charge >= 0.3 is 0 Å². The van der Waals surface area contributed by atoms with E-state index >= 15 is 0 Å². The van der Waals surface area contributed by atoms with E-state index in [0.29, 0.717) is 29.9 Å². The molecule has 1 aliphatic rings. The number of hydrogen-bond acceptors (Lipinski definition) is 4. The number of phenols is 1. The van der Waals surface area contributed by atoms with Crippen molar-refractivity contribution in [3.8, 4) is 11.5 Å². The van der Waals surface area contributed by atoms with Gasteiger partial charge in [-0.2, -0.15) is 0 Å². The lowest BCUT2D eigenvalue weighted by Gasteiger charge is -2.17. The number of phenolic OH excluding ortho intramolecular Hbond substituents is 1. The lowest BCUT2D eigenvalue weighted by Crippen LogP contribution is -2.27. The topological polar surface area (TPSA) is 75.8 Å². The van der Waals surface area contributed by atoms with Gasteiger partial charge in [-0.05, 0) is 53.5 Å². The Morgan fingerprint density at radius 3 is 2.95 bits per heavy atom. The number of rotatable bonds is 5. The molecular formula is C14H19BrN2O3. The molecule has 5 nitrogen and oxygen atoms in total. The summed E-state index contributed by atoms with van der Waals surface area (Å²) in [5.74, 6) is 0.311. The molecule has 1 aliphatic heterocycles. The van der Waals surface area contributed by atoms with Gasteiger partial charge in [-0.25, -0.2) is 0 Å². The Morgan fingerprint density at radius 1 is 1.60 bits per heavy atom. The summed E-state index contributed by atoms with van der Waals surface area (Å²) >= 11 is 3.33. The predicted octanol–water partition coefficient (Wildman–Crippen LogP) is 1.86. The summed E-state index contributed by atoms with van der Waals surface area (Å²) < 4.78 is 6.02. The van der Waals surface area contributed by atoms with Gasteiger partial charge in [0.05, 0.1) is 17.0 Å². The fourth-order valence-corrected chi connectivity index (χ4v) is 2.94. The zero-order chi connectivity index (χ0) is 14.7. The van der Waals surface area contributed by atoms with E-state index in [0.717, 1.165) is 18.5 Å². The number of hydrogen-bond donors (Lipinski definition) is 2. The van der Waals surface area contributed by atoms with Crippen LogP contribution in [0.2, 0.25) is 0 Å². The minimum atomic E-state index is -0.227. The second-order valence-corrected chi connectivity index (χ2v) is 5.83. The summed E-state index contributed by atoms with van der Waals surface area (Å²) in [5, 5.41) is 9.88. The molecule has 0 bridgehead atoms. The van der Waals surface area contributed by atoms with Crippen molar-refractivity contribution in [1.82, 2.24) is 4.90 Å². The minimum Gasteiger partial charge on any atom is -0.503 e. The smallest absolute Gasteiger partial charge is 0.221 e. The second-order valence-electron chi connectivity index (χ2n) is 4.98. The molecule has 0 radical (unpaired) electrons. The number of carbonyl (C=O) groups is 1. The predicted molar refractivity (Wildman–Crippen MR) is 79.6 cm³/mol. The van der Waals surface area contributed by atoms with Crippen LogP contribution >= 0.6 is 15.9 Å². The summed E-state index contributed by atoms with van der Waals surface area (Å²) in [7, 11) is 0. The number of carbonyl (C=O) groups excluding carboxylic acids is 1. The maximum atomic E-state index is 11.2. The first-order chi connectivity index (χ1) is 9.51. The maximum absolute atomic E-state index is 11.2. The molecular weight excluding hydrogens is 324 g/mol. The molecule has 3 N–H and O–H groups in total. The third-order valence-electron chi connectivity index (χ3n) is 3.47. The Bertz CT molecular complexity index is 507. The first kappa shape index (κ1) is 15.1. The second kappa shape index (κ2) is 6.45. The Morgan fingerprint density at radius 2 is 2.35 bits per heavy atom. The van der Waals surface area contributed by atoms with E-state index in [1.54, 1.807) is 0 Å². The van der Waals surface area contributed by atoms with Crippen LogP contribution in [0.5, 0.6) is 11.5 Å². The molecule has 1 heterocycles. The fraction of sp³-hybridized carbons (Fsp3) is 0.500. The molecule has 2 rings (SSSR count). The average Bonchev–Trinajstić information content (AvgIpc) is 2.84. The van der Waals surface area contributed by atoms with Gasteiger partial charge in [0.1, 0.15) is 0 Å². The van der Waals surface area contributed by atoms with Gasteiger partial charge < -0.3 is 15.6 Å². The number of primary amides is 1. The molecule has 1 fully saturated rings. The number of aromatic hydroxyl groups is 1. The highest BCUT2D eigenvalue weighted by atomic mass is 79.9. The number of likely N-dealkylation sites (tertiary alicyclic amines) is 1. The third kappa shape index (κ3) is 3.43. The van der Waals surface area contributed by atoms with Crippen molar-refractivity contribution in [2.24, 2.45) is 11.7 Å². The summed E-state index contributed by atoms with van der Waals surface area (Å²) in [6.07, 6.45) is 0.812. The molecule has 110 valence electrons. The van der Waals surface area contributed by atoms with Gasteiger partial charge in [0.2, 0.25) is 5.91 Å². The highest BCUT2D eigenvalue weighted by Gasteiger charge is 2.26.